The smallest absolute Gasteiger partial charge is 0.218 e. The number of aromatic nitrogens is 2. The van der Waals surface area contributed by atoms with E-state index in [1.165, 1.54) is 38.1 Å². The Morgan fingerprint density at radius 1 is 1.27 bits per heavy atom. The van der Waals surface area contributed by atoms with E-state index in [0.29, 0.717) is 6.04 Å². The lowest BCUT2D eigenvalue weighted by Crippen LogP contribution is -2.29. The molecule has 0 N–H and O–H groups in total. The zero-order valence-corrected chi connectivity index (χ0v) is 8.56. The van der Waals surface area contributed by atoms with Crippen molar-refractivity contribution >= 4 is 5.82 Å². The van der Waals surface area contributed by atoms with E-state index >= 15 is 0 Å². The Kier molecular flexibility index (Phi) is 2.08. The van der Waals surface area contributed by atoms with Gasteiger partial charge in [0.1, 0.15) is 12.1 Å². The minimum Gasteiger partial charge on any atom is -0.353 e. The zero-order valence-electron chi connectivity index (χ0n) is 8.56. The largest absolute Gasteiger partial charge is 0.353 e. The van der Waals surface area contributed by atoms with E-state index in [2.05, 4.69) is 14.9 Å². The van der Waals surface area contributed by atoms with Crippen LogP contribution >= 0.6 is 0 Å². The van der Waals surface area contributed by atoms with Crippen LogP contribution < -0.4 is 4.90 Å². The Labute approximate surface area is 88.3 Å². The fourth-order valence-corrected chi connectivity index (χ4v) is 1.88. The first kappa shape index (κ1) is 9.07. The molecule has 0 radical (unpaired) electrons. The van der Waals surface area contributed by atoms with Gasteiger partial charge in [0.25, 0.3) is 0 Å². The predicted octanol–water partition coefficient (Wildman–Crippen LogP) is 1.99. The standard InChI is InChI=1S/C11H14FN3/c12-10-5-11(14-7-13-10)15(9-3-4-9)6-8-1-2-8/h5,7-9H,1-4,6H2. The molecule has 1 aromatic rings. The quantitative estimate of drug-likeness (QED) is 0.707. The molecule has 2 aliphatic rings. The first-order chi connectivity index (χ1) is 7.33. The van der Waals surface area contributed by atoms with E-state index in [4.69, 9.17) is 0 Å². The van der Waals surface area contributed by atoms with Gasteiger partial charge in [0.15, 0.2) is 0 Å². The lowest BCUT2D eigenvalue weighted by atomic mass is 10.3. The van der Waals surface area contributed by atoms with Crippen molar-refractivity contribution < 1.29 is 4.39 Å². The molecule has 0 saturated heterocycles. The maximum atomic E-state index is 13.0. The highest BCUT2D eigenvalue weighted by atomic mass is 19.1. The van der Waals surface area contributed by atoms with Crippen LogP contribution in [0.25, 0.3) is 0 Å². The van der Waals surface area contributed by atoms with Crippen LogP contribution in [0.1, 0.15) is 25.7 Å². The summed E-state index contributed by atoms with van der Waals surface area (Å²) in [4.78, 5) is 9.90. The second-order valence-electron chi connectivity index (χ2n) is 4.53. The molecule has 3 rings (SSSR count). The molecule has 15 heavy (non-hydrogen) atoms. The summed E-state index contributed by atoms with van der Waals surface area (Å²) in [5, 5.41) is 0. The number of nitrogens with zero attached hydrogens (tertiary/aromatic N) is 3. The molecule has 0 spiro atoms. The van der Waals surface area contributed by atoms with Crippen LogP contribution in [-0.2, 0) is 0 Å². The molecular weight excluding hydrogens is 193 g/mol. The van der Waals surface area contributed by atoms with E-state index in [-0.39, 0.29) is 0 Å². The Hall–Kier alpha value is -1.19. The molecule has 0 aliphatic heterocycles. The van der Waals surface area contributed by atoms with Crippen molar-refractivity contribution in [2.75, 3.05) is 11.4 Å². The highest BCUT2D eigenvalue weighted by Crippen LogP contribution is 2.36. The molecule has 1 heterocycles. The van der Waals surface area contributed by atoms with Gasteiger partial charge < -0.3 is 4.90 Å². The molecule has 0 atom stereocenters. The summed E-state index contributed by atoms with van der Waals surface area (Å²) in [7, 11) is 0. The van der Waals surface area contributed by atoms with Gasteiger partial charge in [-0.2, -0.15) is 4.39 Å². The Balaban J connectivity index is 1.80. The highest BCUT2D eigenvalue weighted by molar-refractivity contribution is 5.40. The minimum absolute atomic E-state index is 0.429. The predicted molar refractivity (Wildman–Crippen MR) is 55.1 cm³/mol. The minimum atomic E-state index is -0.429. The second-order valence-corrected chi connectivity index (χ2v) is 4.53. The van der Waals surface area contributed by atoms with Gasteiger partial charge in [-0.3, -0.25) is 0 Å². The van der Waals surface area contributed by atoms with E-state index < -0.39 is 5.95 Å². The summed E-state index contributed by atoms with van der Waals surface area (Å²) in [5.41, 5.74) is 0. The van der Waals surface area contributed by atoms with Gasteiger partial charge in [-0.1, -0.05) is 0 Å². The fraction of sp³-hybridized carbons (Fsp3) is 0.636. The highest BCUT2D eigenvalue weighted by Gasteiger charge is 2.34. The van der Waals surface area contributed by atoms with Crippen molar-refractivity contribution in [1.29, 1.82) is 0 Å². The van der Waals surface area contributed by atoms with Crippen LogP contribution in [0.3, 0.4) is 0 Å². The topological polar surface area (TPSA) is 29.0 Å². The van der Waals surface area contributed by atoms with E-state index in [1.54, 1.807) is 0 Å². The number of halogens is 1. The first-order valence-electron chi connectivity index (χ1n) is 5.57. The third-order valence-electron chi connectivity index (χ3n) is 3.05. The van der Waals surface area contributed by atoms with E-state index in [9.17, 15) is 4.39 Å². The molecule has 0 unspecified atom stereocenters. The van der Waals surface area contributed by atoms with Gasteiger partial charge in [-0.15, -0.1) is 0 Å². The van der Waals surface area contributed by atoms with Gasteiger partial charge in [-0.25, -0.2) is 9.97 Å². The molecule has 2 saturated carbocycles. The lowest BCUT2D eigenvalue weighted by molar-refractivity contribution is 0.576. The van der Waals surface area contributed by atoms with Crippen molar-refractivity contribution in [1.82, 2.24) is 9.97 Å². The van der Waals surface area contributed by atoms with Gasteiger partial charge in [-0.05, 0) is 31.6 Å². The average Bonchev–Trinajstić information content (AvgIpc) is 3.08. The maximum Gasteiger partial charge on any atom is 0.218 e. The molecule has 3 nitrogen and oxygen atoms in total. The molecule has 0 amide bonds. The zero-order chi connectivity index (χ0) is 10.3. The third-order valence-corrected chi connectivity index (χ3v) is 3.05. The molecular formula is C11H14FN3. The van der Waals surface area contributed by atoms with Crippen LogP contribution in [-0.4, -0.2) is 22.6 Å². The number of hydrogen-bond acceptors (Lipinski definition) is 3. The monoisotopic (exact) mass is 207 g/mol. The van der Waals surface area contributed by atoms with Gasteiger partial charge in [0.2, 0.25) is 5.95 Å². The van der Waals surface area contributed by atoms with Crippen LogP contribution in [0.5, 0.6) is 0 Å². The average molecular weight is 207 g/mol. The number of rotatable bonds is 4. The van der Waals surface area contributed by atoms with Gasteiger partial charge >= 0.3 is 0 Å². The van der Waals surface area contributed by atoms with Crippen molar-refractivity contribution in [3.05, 3.63) is 18.3 Å². The summed E-state index contributed by atoms with van der Waals surface area (Å²) in [6.07, 6.45) is 6.39. The summed E-state index contributed by atoms with van der Waals surface area (Å²) < 4.78 is 13.0. The molecule has 0 aromatic carbocycles. The normalized spacial score (nSPS) is 20.3. The second kappa shape index (κ2) is 3.43. The first-order valence-corrected chi connectivity index (χ1v) is 5.57. The Morgan fingerprint density at radius 2 is 2.07 bits per heavy atom. The van der Waals surface area contributed by atoms with Crippen molar-refractivity contribution in [2.24, 2.45) is 5.92 Å². The Bertz CT molecular complexity index is 361. The number of hydrogen-bond donors (Lipinski definition) is 0. The summed E-state index contributed by atoms with van der Waals surface area (Å²) in [5.74, 6) is 1.14. The fourth-order valence-electron chi connectivity index (χ4n) is 1.88. The van der Waals surface area contributed by atoms with Gasteiger partial charge in [0, 0.05) is 18.7 Å². The van der Waals surface area contributed by atoms with E-state index in [1.807, 2.05) is 0 Å². The summed E-state index contributed by atoms with van der Waals surface area (Å²) in [6, 6.07) is 2.04. The van der Waals surface area contributed by atoms with Gasteiger partial charge in [0.05, 0.1) is 0 Å². The van der Waals surface area contributed by atoms with Crippen molar-refractivity contribution in [3.63, 3.8) is 0 Å². The van der Waals surface area contributed by atoms with Crippen molar-refractivity contribution in [3.8, 4) is 0 Å². The molecule has 4 heteroatoms. The van der Waals surface area contributed by atoms with Crippen LogP contribution in [0, 0.1) is 11.9 Å². The molecule has 80 valence electrons. The van der Waals surface area contributed by atoms with Crippen LogP contribution in [0.2, 0.25) is 0 Å². The SMILES string of the molecule is Fc1cc(N(CC2CC2)C2CC2)ncn1. The number of anilines is 1. The summed E-state index contributed by atoms with van der Waals surface area (Å²) in [6.45, 7) is 1.04. The third kappa shape index (κ3) is 2.08. The molecule has 0 bridgehead atoms. The molecule has 2 fully saturated rings. The molecule has 2 aliphatic carbocycles. The van der Waals surface area contributed by atoms with Crippen LogP contribution in [0.4, 0.5) is 10.2 Å². The van der Waals surface area contributed by atoms with Crippen molar-refractivity contribution in [2.45, 2.75) is 31.7 Å². The lowest BCUT2D eigenvalue weighted by Gasteiger charge is -2.22. The van der Waals surface area contributed by atoms with E-state index in [0.717, 1.165) is 18.3 Å². The molecule has 1 aromatic heterocycles. The van der Waals surface area contributed by atoms with Crippen LogP contribution in [0.15, 0.2) is 12.4 Å². The maximum absolute atomic E-state index is 13.0. The Morgan fingerprint density at radius 3 is 2.67 bits per heavy atom. The summed E-state index contributed by atoms with van der Waals surface area (Å²) >= 11 is 0.